The Hall–Kier alpha value is -1.26. The summed E-state index contributed by atoms with van der Waals surface area (Å²) in [4.78, 5) is 0. The monoisotopic (exact) mass is 291 g/mol. The highest BCUT2D eigenvalue weighted by Gasteiger charge is 2.24. The number of ether oxygens (including phenoxy) is 3. The summed E-state index contributed by atoms with van der Waals surface area (Å²) in [5.41, 5.74) is 1.22. The van der Waals surface area contributed by atoms with Crippen LogP contribution in [-0.2, 0) is 4.74 Å². The molecule has 2 aliphatic rings. The molecule has 1 N–H and O–H groups in total. The standard InChI is InChI=1S/C17H25NO3/c1-19-16-9-4-7-14(15-8-2-3-10-18-15)17(16)21-13-6-5-11-20-12-13/h4,7,9,13,15,18H,2-3,5-6,8,10-12H2,1H3. The SMILES string of the molecule is COc1cccc(C2CCCCN2)c1OC1CCCOC1. The van der Waals surface area contributed by atoms with Crippen LogP contribution in [0.15, 0.2) is 18.2 Å². The zero-order chi connectivity index (χ0) is 14.5. The normalized spacial score (nSPS) is 26.3. The summed E-state index contributed by atoms with van der Waals surface area (Å²) >= 11 is 0. The molecule has 21 heavy (non-hydrogen) atoms. The fraction of sp³-hybridized carbons (Fsp3) is 0.647. The average molecular weight is 291 g/mol. The number of nitrogens with one attached hydrogen (secondary N) is 1. The minimum Gasteiger partial charge on any atom is -0.493 e. The van der Waals surface area contributed by atoms with Crippen LogP contribution in [0, 0.1) is 0 Å². The molecule has 2 unspecified atom stereocenters. The summed E-state index contributed by atoms with van der Waals surface area (Å²) in [6, 6.07) is 6.55. The quantitative estimate of drug-likeness (QED) is 0.925. The first-order chi connectivity index (χ1) is 10.4. The number of methoxy groups -OCH3 is 1. The topological polar surface area (TPSA) is 39.7 Å². The van der Waals surface area contributed by atoms with Gasteiger partial charge in [-0.2, -0.15) is 0 Å². The fourth-order valence-electron chi connectivity index (χ4n) is 3.18. The van der Waals surface area contributed by atoms with E-state index in [1.54, 1.807) is 7.11 Å². The van der Waals surface area contributed by atoms with Crippen LogP contribution in [0.25, 0.3) is 0 Å². The number of hydrogen-bond acceptors (Lipinski definition) is 4. The molecule has 0 aromatic heterocycles. The lowest BCUT2D eigenvalue weighted by Gasteiger charge is -2.29. The van der Waals surface area contributed by atoms with Crippen molar-refractivity contribution in [2.75, 3.05) is 26.9 Å². The largest absolute Gasteiger partial charge is 0.493 e. The summed E-state index contributed by atoms with van der Waals surface area (Å²) in [6.45, 7) is 2.60. The zero-order valence-electron chi connectivity index (χ0n) is 12.8. The van der Waals surface area contributed by atoms with Gasteiger partial charge in [0.15, 0.2) is 11.5 Å². The lowest BCUT2D eigenvalue weighted by atomic mass is 9.96. The highest BCUT2D eigenvalue weighted by molar-refractivity contribution is 5.48. The molecule has 4 heteroatoms. The average Bonchev–Trinajstić information content (AvgIpc) is 2.57. The second kappa shape index (κ2) is 7.14. The van der Waals surface area contributed by atoms with E-state index in [-0.39, 0.29) is 6.10 Å². The molecule has 0 saturated carbocycles. The van der Waals surface area contributed by atoms with E-state index in [1.807, 2.05) is 6.07 Å². The van der Waals surface area contributed by atoms with E-state index in [1.165, 1.54) is 18.4 Å². The van der Waals surface area contributed by atoms with Crippen molar-refractivity contribution < 1.29 is 14.2 Å². The molecule has 1 aromatic carbocycles. The molecule has 2 aliphatic heterocycles. The number of hydrogen-bond donors (Lipinski definition) is 1. The number of para-hydroxylation sites is 1. The van der Waals surface area contributed by atoms with Gasteiger partial charge in [0.05, 0.1) is 13.7 Å². The van der Waals surface area contributed by atoms with Crippen molar-refractivity contribution in [3.8, 4) is 11.5 Å². The second-order valence-corrected chi connectivity index (χ2v) is 5.84. The first-order valence-electron chi connectivity index (χ1n) is 8.03. The number of benzene rings is 1. The van der Waals surface area contributed by atoms with Gasteiger partial charge in [-0.3, -0.25) is 0 Å². The fourth-order valence-corrected chi connectivity index (χ4v) is 3.18. The molecule has 0 radical (unpaired) electrons. The first kappa shape index (κ1) is 14.7. The molecule has 2 atom stereocenters. The highest BCUT2D eigenvalue weighted by atomic mass is 16.5. The van der Waals surface area contributed by atoms with Gasteiger partial charge in [-0.25, -0.2) is 0 Å². The lowest BCUT2D eigenvalue weighted by molar-refractivity contribution is 0.00575. The van der Waals surface area contributed by atoms with Crippen LogP contribution in [0.2, 0.25) is 0 Å². The predicted octanol–water partition coefficient (Wildman–Crippen LogP) is 3.07. The molecule has 1 aromatic rings. The Morgan fingerprint density at radius 2 is 2.14 bits per heavy atom. The van der Waals surface area contributed by atoms with E-state index in [4.69, 9.17) is 14.2 Å². The summed E-state index contributed by atoms with van der Waals surface area (Å²) in [5, 5.41) is 3.60. The van der Waals surface area contributed by atoms with E-state index >= 15 is 0 Å². The van der Waals surface area contributed by atoms with Crippen molar-refractivity contribution in [3.05, 3.63) is 23.8 Å². The van der Waals surface area contributed by atoms with Gasteiger partial charge in [0.1, 0.15) is 6.10 Å². The Morgan fingerprint density at radius 1 is 1.19 bits per heavy atom. The maximum absolute atomic E-state index is 6.27. The van der Waals surface area contributed by atoms with Gasteiger partial charge in [-0.1, -0.05) is 18.6 Å². The molecule has 2 heterocycles. The smallest absolute Gasteiger partial charge is 0.166 e. The van der Waals surface area contributed by atoms with Crippen molar-refractivity contribution in [1.82, 2.24) is 5.32 Å². The second-order valence-electron chi connectivity index (χ2n) is 5.84. The van der Waals surface area contributed by atoms with E-state index in [9.17, 15) is 0 Å². The minimum atomic E-state index is 0.136. The van der Waals surface area contributed by atoms with Gasteiger partial charge in [0, 0.05) is 18.2 Å². The molecule has 0 spiro atoms. The first-order valence-corrected chi connectivity index (χ1v) is 8.03. The molecule has 0 bridgehead atoms. The third-order valence-electron chi connectivity index (χ3n) is 4.32. The Labute approximate surface area is 126 Å². The Bertz CT molecular complexity index is 451. The van der Waals surface area contributed by atoms with Crippen LogP contribution >= 0.6 is 0 Å². The molecule has 2 fully saturated rings. The van der Waals surface area contributed by atoms with Crippen LogP contribution < -0.4 is 14.8 Å². The van der Waals surface area contributed by atoms with Gasteiger partial charge in [0.25, 0.3) is 0 Å². The van der Waals surface area contributed by atoms with E-state index < -0.39 is 0 Å². The molecule has 3 rings (SSSR count). The molecule has 0 amide bonds. The summed E-state index contributed by atoms with van der Waals surface area (Å²) < 4.78 is 17.3. The Kier molecular flexibility index (Phi) is 4.99. The summed E-state index contributed by atoms with van der Waals surface area (Å²) in [6.07, 6.45) is 5.93. The van der Waals surface area contributed by atoms with Crippen molar-refractivity contribution in [2.24, 2.45) is 0 Å². The molecule has 0 aliphatic carbocycles. The van der Waals surface area contributed by atoms with E-state index in [0.29, 0.717) is 12.6 Å². The molecule has 2 saturated heterocycles. The predicted molar refractivity (Wildman–Crippen MR) is 82.1 cm³/mol. The lowest BCUT2D eigenvalue weighted by Crippen LogP contribution is -2.30. The van der Waals surface area contributed by atoms with Crippen LogP contribution in [0.3, 0.4) is 0 Å². The van der Waals surface area contributed by atoms with Crippen molar-refractivity contribution in [2.45, 2.75) is 44.2 Å². The Balaban J connectivity index is 1.83. The van der Waals surface area contributed by atoms with Gasteiger partial charge in [-0.15, -0.1) is 0 Å². The molecule has 4 nitrogen and oxygen atoms in total. The van der Waals surface area contributed by atoms with Crippen molar-refractivity contribution in [1.29, 1.82) is 0 Å². The van der Waals surface area contributed by atoms with Crippen LogP contribution in [0.1, 0.15) is 43.7 Å². The van der Waals surface area contributed by atoms with Gasteiger partial charge in [0.2, 0.25) is 0 Å². The highest BCUT2D eigenvalue weighted by Crippen LogP contribution is 2.38. The van der Waals surface area contributed by atoms with Crippen LogP contribution in [0.4, 0.5) is 0 Å². The number of rotatable bonds is 4. The van der Waals surface area contributed by atoms with Crippen molar-refractivity contribution >= 4 is 0 Å². The molecule has 116 valence electrons. The molecular formula is C17H25NO3. The van der Waals surface area contributed by atoms with Crippen LogP contribution in [0.5, 0.6) is 11.5 Å². The maximum atomic E-state index is 6.27. The maximum Gasteiger partial charge on any atom is 0.166 e. The van der Waals surface area contributed by atoms with Crippen molar-refractivity contribution in [3.63, 3.8) is 0 Å². The van der Waals surface area contributed by atoms with Gasteiger partial charge in [-0.05, 0) is 38.3 Å². The third kappa shape index (κ3) is 3.50. The van der Waals surface area contributed by atoms with Crippen LogP contribution in [-0.4, -0.2) is 33.0 Å². The zero-order valence-corrected chi connectivity index (χ0v) is 12.8. The molecular weight excluding hydrogens is 266 g/mol. The summed E-state index contributed by atoms with van der Waals surface area (Å²) in [7, 11) is 1.71. The van der Waals surface area contributed by atoms with Gasteiger partial charge >= 0.3 is 0 Å². The van der Waals surface area contributed by atoms with E-state index in [2.05, 4.69) is 17.4 Å². The minimum absolute atomic E-state index is 0.136. The van der Waals surface area contributed by atoms with Gasteiger partial charge < -0.3 is 19.5 Å². The Morgan fingerprint density at radius 3 is 2.86 bits per heavy atom. The van der Waals surface area contributed by atoms with E-state index in [0.717, 1.165) is 43.9 Å². The number of piperidine rings is 1. The third-order valence-corrected chi connectivity index (χ3v) is 4.32. The summed E-state index contributed by atoms with van der Waals surface area (Å²) in [5.74, 6) is 1.72.